The smallest absolute Gasteiger partial charge is 0.398 e. The van der Waals surface area contributed by atoms with Crippen molar-refractivity contribution in [2.24, 2.45) is 0 Å². The van der Waals surface area contributed by atoms with E-state index in [1.54, 1.807) is 35.5 Å². The Morgan fingerprint density at radius 2 is 0.909 bits per heavy atom. The van der Waals surface area contributed by atoms with E-state index in [4.69, 9.17) is 22.1 Å². The summed E-state index contributed by atoms with van der Waals surface area (Å²) in [6, 6.07) is 1.88. The van der Waals surface area contributed by atoms with Crippen molar-refractivity contribution in [3.05, 3.63) is 12.4 Å². The molecule has 13 heteroatoms. The van der Waals surface area contributed by atoms with Crippen LogP contribution in [-0.4, -0.2) is 183 Å². The first-order valence-electron chi connectivity index (χ1n) is 16.7. The van der Waals surface area contributed by atoms with Gasteiger partial charge in [0.1, 0.15) is 0 Å². The van der Waals surface area contributed by atoms with Gasteiger partial charge in [-0.1, -0.05) is 0 Å². The molecule has 1 rings (SSSR count). The van der Waals surface area contributed by atoms with E-state index in [1.807, 2.05) is 0 Å². The Morgan fingerprint density at radius 1 is 0.523 bits per heavy atom. The number of hydrogen-bond donors (Lipinski definition) is 0. The average molecular weight is 663 g/mol. The zero-order valence-electron chi connectivity index (χ0n) is 30.3. The van der Waals surface area contributed by atoms with E-state index < -0.39 is 17.4 Å². The molecule has 1 heterocycles. The molecule has 0 fully saturated rings. The second-order valence-corrected chi connectivity index (χ2v) is 19.5. The van der Waals surface area contributed by atoms with Crippen LogP contribution >= 0.6 is 0 Å². The number of rotatable bonds is 29. The van der Waals surface area contributed by atoms with Gasteiger partial charge in [-0.2, -0.15) is 0 Å². The lowest BCUT2D eigenvalue weighted by Gasteiger charge is -2.28. The second kappa shape index (κ2) is 23.7. The van der Waals surface area contributed by atoms with Crippen LogP contribution in [0.5, 0.6) is 0 Å². The van der Waals surface area contributed by atoms with Crippen LogP contribution in [0.2, 0.25) is 18.6 Å². The Balaban J connectivity index is 2.46. The van der Waals surface area contributed by atoms with Crippen molar-refractivity contribution in [2.45, 2.75) is 57.2 Å². The zero-order valence-corrected chi connectivity index (χ0v) is 32.3. The average Bonchev–Trinajstić information content (AvgIpc) is 3.46. The van der Waals surface area contributed by atoms with Crippen LogP contribution in [0.15, 0.2) is 12.4 Å². The molecule has 0 aromatic rings. The molecule has 0 saturated heterocycles. The van der Waals surface area contributed by atoms with Gasteiger partial charge in [-0.05, 0) is 132 Å². The molecule has 0 aliphatic carbocycles. The molecule has 0 aromatic heterocycles. The minimum atomic E-state index is -2.51. The van der Waals surface area contributed by atoms with Crippen LogP contribution in [0.4, 0.5) is 0 Å². The van der Waals surface area contributed by atoms with Crippen LogP contribution in [0.1, 0.15) is 38.5 Å². The third-order valence-electron chi connectivity index (χ3n) is 8.71. The molecule has 0 spiro atoms. The fourth-order valence-electron chi connectivity index (χ4n) is 5.68. The van der Waals surface area contributed by atoms with Crippen molar-refractivity contribution in [1.29, 1.82) is 0 Å². The molecule has 0 atom stereocenters. The SMILES string of the molecule is CO[Si](C)(CCCN(CCCN(C)C)CCCN1C=CN(CCCN(CCCN(C)C)CCC[Si](OC)(OC)OC)C1)OC. The van der Waals surface area contributed by atoms with E-state index in [9.17, 15) is 0 Å². The Bertz CT molecular complexity index is 723. The van der Waals surface area contributed by atoms with E-state index in [0.29, 0.717) is 0 Å². The molecule has 0 aromatic carbocycles. The number of nitrogens with zero attached hydrogens (tertiary/aromatic N) is 6. The summed E-state index contributed by atoms with van der Waals surface area (Å²) in [6.07, 6.45) is 11.4. The summed E-state index contributed by atoms with van der Waals surface area (Å²) in [4.78, 5) is 14.7. The summed E-state index contributed by atoms with van der Waals surface area (Å²) in [7, 11) is 12.8. The summed E-state index contributed by atoms with van der Waals surface area (Å²) in [6.45, 7) is 14.3. The lowest BCUT2D eigenvalue weighted by molar-refractivity contribution is 0.121. The highest BCUT2D eigenvalue weighted by Crippen LogP contribution is 2.17. The van der Waals surface area contributed by atoms with Crippen molar-refractivity contribution < 1.29 is 22.1 Å². The molecule has 1 aliphatic rings. The van der Waals surface area contributed by atoms with Gasteiger partial charge in [0.2, 0.25) is 0 Å². The normalized spacial score (nSPS) is 14.5. The van der Waals surface area contributed by atoms with E-state index >= 15 is 0 Å². The van der Waals surface area contributed by atoms with Gasteiger partial charge in [-0.25, -0.2) is 0 Å². The van der Waals surface area contributed by atoms with Gasteiger partial charge in [-0.15, -0.1) is 0 Å². The molecular formula is C31H70N6O5Si2. The van der Waals surface area contributed by atoms with Crippen molar-refractivity contribution in [2.75, 3.05) is 136 Å². The number of hydrogen-bond acceptors (Lipinski definition) is 11. The van der Waals surface area contributed by atoms with Gasteiger partial charge < -0.3 is 51.5 Å². The topological polar surface area (TPSA) is 65.6 Å². The van der Waals surface area contributed by atoms with Crippen LogP contribution in [0.3, 0.4) is 0 Å². The summed E-state index contributed by atoms with van der Waals surface area (Å²) >= 11 is 0. The van der Waals surface area contributed by atoms with Crippen molar-refractivity contribution in [3.63, 3.8) is 0 Å². The Morgan fingerprint density at radius 3 is 1.30 bits per heavy atom. The van der Waals surface area contributed by atoms with Gasteiger partial charge in [0.15, 0.2) is 0 Å². The maximum atomic E-state index is 5.70. The third-order valence-corrected chi connectivity index (χ3v) is 14.5. The first-order valence-corrected chi connectivity index (χ1v) is 21.2. The van der Waals surface area contributed by atoms with Crippen molar-refractivity contribution in [3.8, 4) is 0 Å². The second-order valence-electron chi connectivity index (χ2n) is 12.8. The first kappa shape index (κ1) is 41.4. The standard InChI is InChI=1S/C31H70N6O5Si2/c1-32(2)17-11-19-34(25-15-29-43(10,38-5)39-6)21-13-23-36-27-28-37(31-36)24-14-22-35(20-12-18-33(3)4)26-16-30-44(40-7,41-8)42-9/h27-28H,11-26,29-31H2,1-10H3. The molecule has 0 saturated carbocycles. The molecule has 0 radical (unpaired) electrons. The lowest BCUT2D eigenvalue weighted by atomic mass is 10.3. The minimum absolute atomic E-state index is 0.846. The van der Waals surface area contributed by atoms with Crippen molar-refractivity contribution in [1.82, 2.24) is 29.4 Å². The molecule has 44 heavy (non-hydrogen) atoms. The van der Waals surface area contributed by atoms with E-state index in [1.165, 1.54) is 19.3 Å². The Labute approximate surface area is 273 Å². The zero-order chi connectivity index (χ0) is 32.8. The molecule has 0 N–H and O–H groups in total. The maximum absolute atomic E-state index is 5.70. The molecular weight excluding hydrogens is 593 g/mol. The molecule has 0 bridgehead atoms. The molecule has 0 amide bonds. The van der Waals surface area contributed by atoms with Gasteiger partial charge in [0, 0.05) is 67.1 Å². The Kier molecular flexibility index (Phi) is 22.3. The predicted octanol–water partition coefficient (Wildman–Crippen LogP) is 3.34. The summed E-state index contributed by atoms with van der Waals surface area (Å²) in [5, 5.41) is 0. The van der Waals surface area contributed by atoms with Gasteiger partial charge in [0.25, 0.3) is 0 Å². The minimum Gasteiger partial charge on any atom is -0.398 e. The van der Waals surface area contributed by atoms with E-state index in [2.05, 4.69) is 76.5 Å². The van der Waals surface area contributed by atoms with E-state index in [0.717, 1.165) is 103 Å². The predicted molar refractivity (Wildman–Crippen MR) is 187 cm³/mol. The fraction of sp³-hybridized carbons (Fsp3) is 0.935. The molecule has 11 nitrogen and oxygen atoms in total. The maximum Gasteiger partial charge on any atom is 0.500 e. The molecule has 0 unspecified atom stereocenters. The van der Waals surface area contributed by atoms with Gasteiger partial charge >= 0.3 is 17.4 Å². The highest BCUT2D eigenvalue weighted by atomic mass is 28.4. The van der Waals surface area contributed by atoms with Gasteiger partial charge in [0.05, 0.1) is 6.67 Å². The van der Waals surface area contributed by atoms with E-state index in [-0.39, 0.29) is 0 Å². The fourth-order valence-corrected chi connectivity index (χ4v) is 8.76. The van der Waals surface area contributed by atoms with Crippen molar-refractivity contribution >= 4 is 17.4 Å². The third kappa shape index (κ3) is 17.9. The lowest BCUT2D eigenvalue weighted by Crippen LogP contribution is -2.43. The van der Waals surface area contributed by atoms with Crippen LogP contribution < -0.4 is 0 Å². The quantitative estimate of drug-likeness (QED) is 0.111. The largest absolute Gasteiger partial charge is 0.500 e. The first-order chi connectivity index (χ1) is 21.0. The highest BCUT2D eigenvalue weighted by Gasteiger charge is 2.37. The summed E-state index contributed by atoms with van der Waals surface area (Å²) in [5.41, 5.74) is 0. The molecule has 1 aliphatic heterocycles. The van der Waals surface area contributed by atoms with Crippen LogP contribution in [0.25, 0.3) is 0 Å². The van der Waals surface area contributed by atoms with Crippen LogP contribution in [0, 0.1) is 0 Å². The summed E-state index contributed by atoms with van der Waals surface area (Å²) < 4.78 is 28.3. The monoisotopic (exact) mass is 662 g/mol. The molecule has 262 valence electrons. The van der Waals surface area contributed by atoms with Crippen LogP contribution in [-0.2, 0) is 22.1 Å². The Hall–Kier alpha value is -0.586. The highest BCUT2D eigenvalue weighted by molar-refractivity contribution is 6.65. The van der Waals surface area contributed by atoms with Gasteiger partial charge in [-0.3, -0.25) is 0 Å². The summed E-state index contributed by atoms with van der Waals surface area (Å²) in [5.74, 6) is 0.